The Bertz CT molecular complexity index is 1260. The molecule has 1 aromatic heterocycles. The van der Waals surface area contributed by atoms with E-state index in [1.807, 2.05) is 23.1 Å². The van der Waals surface area contributed by atoms with E-state index < -0.39 is 0 Å². The zero-order valence-corrected chi connectivity index (χ0v) is 18.6. The molecule has 0 unspecified atom stereocenters. The molecule has 5 rings (SSSR count). The van der Waals surface area contributed by atoms with Gasteiger partial charge in [0, 0.05) is 25.6 Å². The summed E-state index contributed by atoms with van der Waals surface area (Å²) in [7, 11) is 0. The summed E-state index contributed by atoms with van der Waals surface area (Å²) in [5.74, 6) is 1.17. The highest BCUT2D eigenvalue weighted by atomic mass is 16.2. The molecule has 4 aromatic rings. The Morgan fingerprint density at radius 2 is 1.88 bits per heavy atom. The Morgan fingerprint density at radius 1 is 1.09 bits per heavy atom. The maximum atomic E-state index is 13.1. The number of imidazole rings is 1. The van der Waals surface area contributed by atoms with Crippen molar-refractivity contribution in [3.63, 3.8) is 0 Å². The molecule has 2 heterocycles. The van der Waals surface area contributed by atoms with Gasteiger partial charge in [-0.1, -0.05) is 54.6 Å². The highest BCUT2D eigenvalue weighted by Crippen LogP contribution is 2.28. The van der Waals surface area contributed by atoms with E-state index in [0.29, 0.717) is 12.8 Å². The molecule has 1 aliphatic heterocycles. The van der Waals surface area contributed by atoms with Crippen LogP contribution in [0.5, 0.6) is 0 Å². The summed E-state index contributed by atoms with van der Waals surface area (Å²) >= 11 is 0. The lowest BCUT2D eigenvalue weighted by atomic mass is 9.99. The highest BCUT2D eigenvalue weighted by Gasteiger charge is 2.27. The average Bonchev–Trinajstić information content (AvgIpc) is 3.14. The molecule has 1 fully saturated rings. The number of para-hydroxylation sites is 2. The van der Waals surface area contributed by atoms with Gasteiger partial charge in [0.15, 0.2) is 0 Å². The SMILES string of the molecule is Cc1nc2ccccc2n1[C@@H]1CCCN(C(=O)C[C@H](N)Cc2ccc3ccccc3c2)C1. The van der Waals surface area contributed by atoms with Crippen molar-refractivity contribution in [2.45, 2.75) is 44.7 Å². The van der Waals surface area contributed by atoms with Gasteiger partial charge < -0.3 is 15.2 Å². The first-order chi connectivity index (χ1) is 15.6. The van der Waals surface area contributed by atoms with Crippen LogP contribution in [0.2, 0.25) is 0 Å². The molecule has 2 N–H and O–H groups in total. The molecule has 0 spiro atoms. The van der Waals surface area contributed by atoms with E-state index in [9.17, 15) is 4.79 Å². The number of fused-ring (bicyclic) bond motifs is 2. The molecule has 1 saturated heterocycles. The fraction of sp³-hybridized carbons (Fsp3) is 0.333. The standard InChI is InChI=1S/C27H30N4O/c1-19-29-25-10-4-5-11-26(25)31(19)24-9-6-14-30(18-24)27(32)17-23(28)16-20-12-13-21-7-2-3-8-22(21)15-20/h2-5,7-8,10-13,15,23-24H,6,9,14,16-18,28H2,1H3/t23-,24-/m1/s1. The number of aryl methyl sites for hydroxylation is 1. The molecule has 1 aliphatic rings. The predicted octanol–water partition coefficient (Wildman–Crippen LogP) is 4.62. The van der Waals surface area contributed by atoms with E-state index >= 15 is 0 Å². The average molecular weight is 427 g/mol. The molecule has 0 saturated carbocycles. The van der Waals surface area contributed by atoms with E-state index in [2.05, 4.69) is 60.0 Å². The molecule has 3 aromatic carbocycles. The molecule has 1 amide bonds. The normalized spacial score (nSPS) is 17.7. The number of rotatable bonds is 5. The van der Waals surface area contributed by atoms with Gasteiger partial charge in [-0.05, 0) is 54.7 Å². The largest absolute Gasteiger partial charge is 0.341 e. The third-order valence-corrected chi connectivity index (χ3v) is 6.64. The lowest BCUT2D eigenvalue weighted by Gasteiger charge is -2.35. The van der Waals surface area contributed by atoms with Gasteiger partial charge in [-0.15, -0.1) is 0 Å². The van der Waals surface area contributed by atoms with Crippen molar-refractivity contribution in [2.75, 3.05) is 13.1 Å². The smallest absolute Gasteiger partial charge is 0.224 e. The lowest BCUT2D eigenvalue weighted by Crippen LogP contribution is -2.43. The lowest BCUT2D eigenvalue weighted by molar-refractivity contribution is -0.133. The Kier molecular flexibility index (Phi) is 5.66. The minimum atomic E-state index is -0.181. The second-order valence-corrected chi connectivity index (χ2v) is 9.00. The number of likely N-dealkylation sites (tertiary alicyclic amines) is 1. The topological polar surface area (TPSA) is 64.2 Å². The van der Waals surface area contributed by atoms with Crippen LogP contribution in [0, 0.1) is 6.92 Å². The summed E-state index contributed by atoms with van der Waals surface area (Å²) in [5, 5.41) is 2.44. The third-order valence-electron chi connectivity index (χ3n) is 6.64. The second kappa shape index (κ2) is 8.75. The number of piperidine rings is 1. The van der Waals surface area contributed by atoms with Crippen LogP contribution in [-0.4, -0.2) is 39.5 Å². The van der Waals surface area contributed by atoms with E-state index in [0.717, 1.165) is 42.8 Å². The molecular weight excluding hydrogens is 396 g/mol. The number of hydrogen-bond acceptors (Lipinski definition) is 3. The fourth-order valence-electron chi connectivity index (χ4n) is 5.11. The van der Waals surface area contributed by atoms with Crippen molar-refractivity contribution in [3.8, 4) is 0 Å². The van der Waals surface area contributed by atoms with Gasteiger partial charge >= 0.3 is 0 Å². The van der Waals surface area contributed by atoms with Crippen LogP contribution in [0.1, 0.15) is 36.7 Å². The fourth-order valence-corrected chi connectivity index (χ4v) is 5.11. The van der Waals surface area contributed by atoms with Crippen molar-refractivity contribution in [3.05, 3.63) is 78.1 Å². The van der Waals surface area contributed by atoms with E-state index in [-0.39, 0.29) is 18.0 Å². The summed E-state index contributed by atoms with van der Waals surface area (Å²) in [6.07, 6.45) is 3.15. The van der Waals surface area contributed by atoms with Crippen LogP contribution >= 0.6 is 0 Å². The molecule has 5 heteroatoms. The minimum absolute atomic E-state index is 0.157. The maximum absolute atomic E-state index is 13.1. The molecule has 0 radical (unpaired) electrons. The van der Waals surface area contributed by atoms with Crippen molar-refractivity contribution >= 4 is 27.7 Å². The summed E-state index contributed by atoms with van der Waals surface area (Å²) in [4.78, 5) is 19.8. The first-order valence-corrected chi connectivity index (χ1v) is 11.5. The van der Waals surface area contributed by atoms with Crippen molar-refractivity contribution in [1.29, 1.82) is 0 Å². The van der Waals surface area contributed by atoms with E-state index in [1.165, 1.54) is 16.3 Å². The number of amides is 1. The molecule has 0 bridgehead atoms. The summed E-state index contributed by atoms with van der Waals surface area (Å²) < 4.78 is 2.31. The van der Waals surface area contributed by atoms with Crippen LogP contribution in [-0.2, 0) is 11.2 Å². The highest BCUT2D eigenvalue weighted by molar-refractivity contribution is 5.83. The summed E-state index contributed by atoms with van der Waals surface area (Å²) in [6.45, 7) is 3.59. The number of nitrogens with two attached hydrogens (primary N) is 1. The van der Waals surface area contributed by atoms with Gasteiger partial charge in [-0.3, -0.25) is 4.79 Å². The van der Waals surface area contributed by atoms with Gasteiger partial charge in [0.05, 0.1) is 17.1 Å². The Balaban J connectivity index is 1.25. The van der Waals surface area contributed by atoms with Crippen molar-refractivity contribution in [1.82, 2.24) is 14.5 Å². The quantitative estimate of drug-likeness (QED) is 0.506. The van der Waals surface area contributed by atoms with Crippen LogP contribution in [0.4, 0.5) is 0 Å². The van der Waals surface area contributed by atoms with Gasteiger partial charge in [0.1, 0.15) is 5.82 Å². The van der Waals surface area contributed by atoms with Crippen LogP contribution in [0.3, 0.4) is 0 Å². The van der Waals surface area contributed by atoms with Gasteiger partial charge in [-0.25, -0.2) is 4.98 Å². The third kappa shape index (κ3) is 4.13. The Hall–Kier alpha value is -3.18. The zero-order chi connectivity index (χ0) is 22.1. The molecular formula is C27H30N4O. The Labute approximate surface area is 188 Å². The number of hydrogen-bond donors (Lipinski definition) is 1. The molecule has 5 nitrogen and oxygen atoms in total. The van der Waals surface area contributed by atoms with Crippen molar-refractivity contribution in [2.24, 2.45) is 5.73 Å². The second-order valence-electron chi connectivity index (χ2n) is 9.00. The molecule has 164 valence electrons. The zero-order valence-electron chi connectivity index (χ0n) is 18.6. The molecule has 32 heavy (non-hydrogen) atoms. The van der Waals surface area contributed by atoms with E-state index in [4.69, 9.17) is 10.7 Å². The van der Waals surface area contributed by atoms with Crippen molar-refractivity contribution < 1.29 is 4.79 Å². The molecule has 2 atom stereocenters. The monoisotopic (exact) mass is 426 g/mol. The predicted molar refractivity (Wildman–Crippen MR) is 130 cm³/mol. The summed E-state index contributed by atoms with van der Waals surface area (Å²) in [6, 6.07) is 23.1. The number of carbonyl (C=O) groups is 1. The first-order valence-electron chi connectivity index (χ1n) is 11.5. The summed E-state index contributed by atoms with van der Waals surface area (Å²) in [5.41, 5.74) is 9.77. The van der Waals surface area contributed by atoms with Crippen LogP contribution in [0.25, 0.3) is 21.8 Å². The van der Waals surface area contributed by atoms with Gasteiger partial charge in [0.25, 0.3) is 0 Å². The first kappa shape index (κ1) is 20.7. The molecule has 0 aliphatic carbocycles. The Morgan fingerprint density at radius 3 is 2.75 bits per heavy atom. The number of benzene rings is 3. The van der Waals surface area contributed by atoms with Gasteiger partial charge in [-0.2, -0.15) is 0 Å². The number of aromatic nitrogens is 2. The van der Waals surface area contributed by atoms with E-state index in [1.54, 1.807) is 0 Å². The maximum Gasteiger partial charge on any atom is 0.224 e. The van der Waals surface area contributed by atoms with Crippen LogP contribution in [0.15, 0.2) is 66.7 Å². The van der Waals surface area contributed by atoms with Crippen LogP contribution < -0.4 is 5.73 Å². The minimum Gasteiger partial charge on any atom is -0.341 e. The van der Waals surface area contributed by atoms with Gasteiger partial charge in [0.2, 0.25) is 5.91 Å². The number of carbonyl (C=O) groups excluding carboxylic acids is 1. The number of nitrogens with zero attached hydrogens (tertiary/aromatic N) is 3.